The van der Waals surface area contributed by atoms with Gasteiger partial charge in [0.05, 0.1) is 6.54 Å². The summed E-state index contributed by atoms with van der Waals surface area (Å²) in [4.78, 5) is 0. The minimum absolute atomic E-state index is 0.677. The van der Waals surface area contributed by atoms with Crippen LogP contribution < -0.4 is 5.84 Å². The van der Waals surface area contributed by atoms with Gasteiger partial charge in [-0.15, -0.1) is 0 Å². The molecule has 0 aliphatic carbocycles. The van der Waals surface area contributed by atoms with Crippen molar-refractivity contribution < 1.29 is 0 Å². The standard InChI is InChI=1S/C2H7N3.CH3N/c1-2-4-5-3;1-2/h2H2,1H3,(H2,3,4);2H,1H2. The lowest BCUT2D eigenvalue weighted by Crippen LogP contribution is -1.74. The van der Waals surface area contributed by atoms with Crippen LogP contribution in [0.25, 0.3) is 0 Å². The molecule has 7 heavy (non-hydrogen) atoms. The second-order valence-electron chi connectivity index (χ2n) is 0.573. The Morgan fingerprint density at radius 3 is 2.14 bits per heavy atom. The molecular weight excluding hydrogens is 92.1 g/mol. The van der Waals surface area contributed by atoms with Gasteiger partial charge in [0.25, 0.3) is 0 Å². The van der Waals surface area contributed by atoms with Gasteiger partial charge >= 0.3 is 0 Å². The van der Waals surface area contributed by atoms with Crippen LogP contribution in [0.1, 0.15) is 6.92 Å². The van der Waals surface area contributed by atoms with Crippen molar-refractivity contribution in [2.75, 3.05) is 6.54 Å². The van der Waals surface area contributed by atoms with Gasteiger partial charge in [-0.3, -0.25) is 0 Å². The summed E-state index contributed by atoms with van der Waals surface area (Å²) in [6, 6.07) is 0. The highest BCUT2D eigenvalue weighted by Crippen LogP contribution is 1.59. The zero-order valence-corrected chi connectivity index (χ0v) is 4.39. The maximum absolute atomic E-state index is 5.50. The summed E-state index contributed by atoms with van der Waals surface area (Å²) in [6.45, 7) is 5.05. The fourth-order valence-corrected chi connectivity index (χ4v) is 0.0816. The topological polar surface area (TPSA) is 74.6 Å². The summed E-state index contributed by atoms with van der Waals surface area (Å²) in [7, 11) is 0. The highest BCUT2D eigenvalue weighted by atomic mass is 15.3. The Kier molecular flexibility index (Phi) is 26.4. The SMILES string of the molecule is C=N.CCN=NN. The van der Waals surface area contributed by atoms with Gasteiger partial charge in [0.1, 0.15) is 0 Å². The molecule has 0 aromatic carbocycles. The second kappa shape index (κ2) is 19.6. The Balaban J connectivity index is 0. The van der Waals surface area contributed by atoms with Gasteiger partial charge in [0.2, 0.25) is 0 Å². The molecule has 0 fully saturated rings. The number of nitrogens with zero attached hydrogens (tertiary/aromatic N) is 2. The van der Waals surface area contributed by atoms with E-state index in [-0.39, 0.29) is 0 Å². The first-order valence-corrected chi connectivity index (χ1v) is 1.84. The molecule has 0 heterocycles. The molecule has 0 amide bonds. The van der Waals surface area contributed by atoms with Crippen LogP contribution in [0, 0.1) is 5.41 Å². The van der Waals surface area contributed by atoms with Crippen LogP contribution in [0.5, 0.6) is 0 Å². The molecule has 0 saturated heterocycles. The minimum atomic E-state index is 0.677. The van der Waals surface area contributed by atoms with E-state index in [1.54, 1.807) is 0 Å². The van der Waals surface area contributed by atoms with E-state index in [0.29, 0.717) is 6.54 Å². The first-order valence-electron chi connectivity index (χ1n) is 1.84. The van der Waals surface area contributed by atoms with E-state index in [2.05, 4.69) is 22.9 Å². The van der Waals surface area contributed by atoms with E-state index >= 15 is 0 Å². The molecule has 0 saturated carbocycles. The molecule has 0 spiro atoms. The minimum Gasteiger partial charge on any atom is -0.317 e. The van der Waals surface area contributed by atoms with Gasteiger partial charge < -0.3 is 11.3 Å². The van der Waals surface area contributed by atoms with Gasteiger partial charge in [-0.2, -0.15) is 5.11 Å². The van der Waals surface area contributed by atoms with Crippen molar-refractivity contribution in [1.82, 2.24) is 0 Å². The maximum Gasteiger partial charge on any atom is 0.0591 e. The Hall–Kier alpha value is -0.930. The first-order chi connectivity index (χ1) is 3.41. The van der Waals surface area contributed by atoms with Crippen molar-refractivity contribution in [2.45, 2.75) is 6.92 Å². The van der Waals surface area contributed by atoms with Crippen molar-refractivity contribution >= 4 is 6.72 Å². The second-order valence-corrected chi connectivity index (χ2v) is 0.573. The number of hydrogen-bond acceptors (Lipinski definition) is 3. The lowest BCUT2D eigenvalue weighted by molar-refractivity contribution is 0.927. The number of nitrogens with two attached hydrogens (primary N) is 1. The molecule has 42 valence electrons. The molecule has 0 aromatic heterocycles. The van der Waals surface area contributed by atoms with Crippen molar-refractivity contribution in [3.8, 4) is 0 Å². The summed E-state index contributed by atoms with van der Waals surface area (Å²) >= 11 is 0. The molecular formula is C3H10N4. The van der Waals surface area contributed by atoms with Crippen molar-refractivity contribution in [3.63, 3.8) is 0 Å². The van der Waals surface area contributed by atoms with Gasteiger partial charge in [-0.25, -0.2) is 0 Å². The molecule has 4 heteroatoms. The van der Waals surface area contributed by atoms with Crippen molar-refractivity contribution in [3.05, 3.63) is 0 Å². The Labute approximate surface area is 42.9 Å². The molecule has 0 unspecified atom stereocenters. The quantitative estimate of drug-likeness (QED) is 0.216. The van der Waals surface area contributed by atoms with E-state index in [9.17, 15) is 0 Å². The van der Waals surface area contributed by atoms with Crippen molar-refractivity contribution in [1.29, 1.82) is 5.41 Å². The summed E-state index contributed by atoms with van der Waals surface area (Å²) in [5.41, 5.74) is 0. The zero-order valence-electron chi connectivity index (χ0n) is 4.39. The van der Waals surface area contributed by atoms with Crippen LogP contribution >= 0.6 is 0 Å². The van der Waals surface area contributed by atoms with E-state index in [0.717, 1.165) is 0 Å². The third-order valence-electron chi connectivity index (χ3n) is 0.223. The van der Waals surface area contributed by atoms with Gasteiger partial charge in [0.15, 0.2) is 0 Å². The molecule has 0 aliphatic rings. The number of hydrogen-bond donors (Lipinski definition) is 2. The molecule has 0 aromatic rings. The first kappa shape index (κ1) is 9.42. The monoisotopic (exact) mass is 102 g/mol. The van der Waals surface area contributed by atoms with E-state index in [4.69, 9.17) is 5.41 Å². The molecule has 0 bridgehead atoms. The Bertz CT molecular complexity index is 42.2. The molecule has 0 radical (unpaired) electrons. The van der Waals surface area contributed by atoms with Crippen LogP contribution in [0.3, 0.4) is 0 Å². The third-order valence-corrected chi connectivity index (χ3v) is 0.223. The fourth-order valence-electron chi connectivity index (χ4n) is 0.0816. The maximum atomic E-state index is 5.50. The highest BCUT2D eigenvalue weighted by Gasteiger charge is 1.52. The van der Waals surface area contributed by atoms with Crippen LogP contribution in [-0.4, -0.2) is 13.3 Å². The number of rotatable bonds is 1. The summed E-state index contributed by atoms with van der Waals surface area (Å²) < 4.78 is 0. The average Bonchev–Trinajstić information content (AvgIpc) is 1.75. The summed E-state index contributed by atoms with van der Waals surface area (Å²) in [5.74, 6) is 4.60. The lowest BCUT2D eigenvalue weighted by atomic mass is 10.8. The fraction of sp³-hybridized carbons (Fsp3) is 0.667. The summed E-state index contributed by atoms with van der Waals surface area (Å²) in [6.07, 6.45) is 0. The van der Waals surface area contributed by atoms with Crippen LogP contribution in [0.2, 0.25) is 0 Å². The zero-order chi connectivity index (χ0) is 6.12. The van der Waals surface area contributed by atoms with Gasteiger partial charge in [-0.05, 0) is 13.6 Å². The predicted octanol–water partition coefficient (Wildman–Crippen LogP) is 0.598. The molecule has 4 nitrogen and oxygen atoms in total. The predicted molar refractivity (Wildman–Crippen MR) is 29.4 cm³/mol. The van der Waals surface area contributed by atoms with E-state index < -0.39 is 0 Å². The normalized spacial score (nSPS) is 7.57. The van der Waals surface area contributed by atoms with Gasteiger partial charge in [-0.1, -0.05) is 5.22 Å². The molecule has 0 aliphatic heterocycles. The van der Waals surface area contributed by atoms with E-state index in [1.165, 1.54) is 0 Å². The van der Waals surface area contributed by atoms with Crippen LogP contribution in [0.4, 0.5) is 0 Å². The smallest absolute Gasteiger partial charge is 0.0591 e. The van der Waals surface area contributed by atoms with Crippen LogP contribution in [0.15, 0.2) is 10.3 Å². The largest absolute Gasteiger partial charge is 0.317 e. The highest BCUT2D eigenvalue weighted by molar-refractivity contribution is 5.15. The number of nitrogens with one attached hydrogen (secondary N) is 1. The molecule has 0 rings (SSSR count). The van der Waals surface area contributed by atoms with E-state index in [1.807, 2.05) is 6.92 Å². The lowest BCUT2D eigenvalue weighted by Gasteiger charge is -1.66. The van der Waals surface area contributed by atoms with Gasteiger partial charge in [0, 0.05) is 0 Å². The Morgan fingerprint density at radius 2 is 2.14 bits per heavy atom. The summed E-state index contributed by atoms with van der Waals surface area (Å²) in [5, 5.41) is 11.9. The molecule has 0 atom stereocenters. The van der Waals surface area contributed by atoms with Crippen molar-refractivity contribution in [2.24, 2.45) is 16.2 Å². The van der Waals surface area contributed by atoms with Crippen LogP contribution in [-0.2, 0) is 0 Å². The average molecular weight is 102 g/mol. The molecule has 3 N–H and O–H groups in total. The third kappa shape index (κ3) is 41.7. The Morgan fingerprint density at radius 1 is 1.71 bits per heavy atom.